The molecule has 0 aliphatic carbocycles. The summed E-state index contributed by atoms with van der Waals surface area (Å²) in [6.07, 6.45) is -6.50. The van der Waals surface area contributed by atoms with Crippen LogP contribution in [0.25, 0.3) is 0 Å². The summed E-state index contributed by atoms with van der Waals surface area (Å²) in [5, 5.41) is 19.7. The molecular formula is C9H13FN2O12P2. The zero-order valence-corrected chi connectivity index (χ0v) is 14.2. The molecule has 2 heterocycles. The third-order valence-corrected chi connectivity index (χ3v) is 5.30. The molecule has 0 aromatic carbocycles. The van der Waals surface area contributed by atoms with Gasteiger partial charge in [0.25, 0.3) is 5.56 Å². The molecule has 14 nitrogen and oxygen atoms in total. The summed E-state index contributed by atoms with van der Waals surface area (Å²) in [5.41, 5.74) is -2.50. The Bertz CT molecular complexity index is 878. The Morgan fingerprint density at radius 1 is 1.23 bits per heavy atom. The Morgan fingerprint density at radius 3 is 2.42 bits per heavy atom. The van der Waals surface area contributed by atoms with Crippen molar-refractivity contribution in [1.29, 1.82) is 0 Å². The van der Waals surface area contributed by atoms with Gasteiger partial charge in [-0.1, -0.05) is 0 Å². The summed E-state index contributed by atoms with van der Waals surface area (Å²) in [4.78, 5) is 50.3. The molecule has 17 heteroatoms. The average molecular weight is 422 g/mol. The van der Waals surface area contributed by atoms with Gasteiger partial charge in [0, 0.05) is 0 Å². The molecule has 0 spiro atoms. The van der Waals surface area contributed by atoms with Crippen LogP contribution in [0, 0.1) is 5.82 Å². The molecule has 0 amide bonds. The van der Waals surface area contributed by atoms with E-state index < -0.39 is 63.9 Å². The van der Waals surface area contributed by atoms with E-state index in [4.69, 9.17) is 19.4 Å². The summed E-state index contributed by atoms with van der Waals surface area (Å²) in [5.74, 6) is -1.38. The van der Waals surface area contributed by atoms with Crippen molar-refractivity contribution in [1.82, 2.24) is 9.55 Å². The molecule has 1 aromatic heterocycles. The number of nitrogens with one attached hydrogen (secondary N) is 1. The fourth-order valence-corrected chi connectivity index (χ4v) is 3.67. The highest BCUT2D eigenvalue weighted by atomic mass is 31.3. The monoisotopic (exact) mass is 422 g/mol. The van der Waals surface area contributed by atoms with Gasteiger partial charge < -0.3 is 29.6 Å². The maximum absolute atomic E-state index is 13.3. The average Bonchev–Trinajstić information content (AvgIpc) is 2.75. The molecule has 26 heavy (non-hydrogen) atoms. The van der Waals surface area contributed by atoms with Crippen LogP contribution in [-0.2, 0) is 22.7 Å². The third kappa shape index (κ3) is 4.92. The molecular weight excluding hydrogens is 409 g/mol. The van der Waals surface area contributed by atoms with E-state index in [-0.39, 0.29) is 0 Å². The summed E-state index contributed by atoms with van der Waals surface area (Å²) in [7, 11) is -10.6. The van der Waals surface area contributed by atoms with Gasteiger partial charge in [0.2, 0.25) is 5.82 Å². The van der Waals surface area contributed by atoms with Crippen molar-refractivity contribution in [3.05, 3.63) is 32.9 Å². The van der Waals surface area contributed by atoms with Gasteiger partial charge in [-0.2, -0.15) is 8.70 Å². The number of nitrogens with zero attached hydrogens (tertiary/aromatic N) is 1. The fourth-order valence-electron chi connectivity index (χ4n) is 2.07. The number of hydrogen-bond donors (Lipinski definition) is 6. The Kier molecular flexibility index (Phi) is 5.99. The largest absolute Gasteiger partial charge is 0.481 e. The first-order chi connectivity index (χ1) is 11.8. The number of halogens is 1. The van der Waals surface area contributed by atoms with Crippen molar-refractivity contribution in [2.45, 2.75) is 24.5 Å². The van der Waals surface area contributed by atoms with E-state index in [0.717, 1.165) is 0 Å². The quantitative estimate of drug-likeness (QED) is 0.263. The van der Waals surface area contributed by atoms with Gasteiger partial charge in [0.1, 0.15) is 18.3 Å². The van der Waals surface area contributed by atoms with Gasteiger partial charge in [-0.3, -0.25) is 18.9 Å². The van der Waals surface area contributed by atoms with Crippen LogP contribution in [-0.4, -0.2) is 59.4 Å². The van der Waals surface area contributed by atoms with Crippen molar-refractivity contribution in [3.63, 3.8) is 0 Å². The Balaban J connectivity index is 2.14. The van der Waals surface area contributed by atoms with Crippen molar-refractivity contribution in [2.75, 3.05) is 6.61 Å². The molecule has 0 bridgehead atoms. The second kappa shape index (κ2) is 7.40. The van der Waals surface area contributed by atoms with Gasteiger partial charge in [0.15, 0.2) is 6.23 Å². The molecule has 0 saturated carbocycles. The molecule has 3 unspecified atom stereocenters. The molecule has 0 radical (unpaired) electrons. The summed E-state index contributed by atoms with van der Waals surface area (Å²) >= 11 is 0. The summed E-state index contributed by atoms with van der Waals surface area (Å²) in [6.45, 7) is -0.997. The van der Waals surface area contributed by atoms with Crippen molar-refractivity contribution >= 4 is 15.6 Å². The summed E-state index contributed by atoms with van der Waals surface area (Å²) in [6, 6.07) is 0. The number of hydrogen-bond acceptors (Lipinski definition) is 9. The molecule has 1 aliphatic heterocycles. The van der Waals surface area contributed by atoms with Crippen molar-refractivity contribution in [2.24, 2.45) is 0 Å². The Hall–Kier alpha value is -1.25. The van der Waals surface area contributed by atoms with E-state index >= 15 is 0 Å². The number of aromatic amines is 1. The van der Waals surface area contributed by atoms with Crippen LogP contribution in [0.5, 0.6) is 0 Å². The highest BCUT2D eigenvalue weighted by Gasteiger charge is 2.45. The van der Waals surface area contributed by atoms with E-state index in [9.17, 15) is 33.3 Å². The van der Waals surface area contributed by atoms with Gasteiger partial charge in [-0.15, -0.1) is 0 Å². The number of aromatic nitrogens is 2. The van der Waals surface area contributed by atoms with E-state index in [1.807, 2.05) is 0 Å². The number of aliphatic hydroxyl groups is 2. The smallest absolute Gasteiger partial charge is 0.387 e. The van der Waals surface area contributed by atoms with Gasteiger partial charge in [0.05, 0.1) is 12.8 Å². The lowest BCUT2D eigenvalue weighted by Gasteiger charge is -2.17. The van der Waals surface area contributed by atoms with E-state index in [0.29, 0.717) is 10.8 Å². The number of phosphoric acid groups is 2. The highest BCUT2D eigenvalue weighted by molar-refractivity contribution is 7.60. The lowest BCUT2D eigenvalue weighted by atomic mass is 10.1. The predicted molar refractivity (Wildman–Crippen MR) is 76.1 cm³/mol. The van der Waals surface area contributed by atoms with Gasteiger partial charge in [-0.05, 0) is 0 Å². The molecule has 1 fully saturated rings. The zero-order valence-electron chi connectivity index (χ0n) is 12.4. The molecule has 1 saturated heterocycles. The molecule has 5 atom stereocenters. The number of H-pyrrole nitrogens is 1. The van der Waals surface area contributed by atoms with Crippen LogP contribution in [0.3, 0.4) is 0 Å². The first-order valence-corrected chi connectivity index (χ1v) is 9.60. The first kappa shape index (κ1) is 21.1. The van der Waals surface area contributed by atoms with Gasteiger partial charge >= 0.3 is 21.3 Å². The predicted octanol–water partition coefficient (Wildman–Crippen LogP) is -2.48. The molecule has 2 rings (SSSR count). The Labute approximate surface area is 142 Å². The van der Waals surface area contributed by atoms with Crippen LogP contribution in [0.2, 0.25) is 0 Å². The third-order valence-electron chi connectivity index (χ3n) is 3.15. The minimum absolute atomic E-state index is 0.416. The van der Waals surface area contributed by atoms with E-state index in [2.05, 4.69) is 8.83 Å². The molecule has 6 N–H and O–H groups in total. The maximum Gasteiger partial charge on any atom is 0.481 e. The van der Waals surface area contributed by atoms with Crippen LogP contribution >= 0.6 is 15.6 Å². The van der Waals surface area contributed by atoms with Crippen LogP contribution < -0.4 is 11.2 Å². The summed E-state index contributed by atoms with van der Waals surface area (Å²) < 4.78 is 48.4. The lowest BCUT2D eigenvalue weighted by molar-refractivity contribution is -0.0546. The molecule has 1 aromatic rings. The standard InChI is InChI=1S/C9H13FN2O12P2/c10-3-1-12(9(16)11-7(3)15)8-6(14)5(13)4(23-8)2-22-26(20,21)24-25(17,18)19/h1,4-6,8,13-14H,2H2,(H,20,21)(H,11,15,16)(H2,17,18,19)/t4-,5?,6?,8-/m0/s1. The van der Waals surface area contributed by atoms with E-state index in [1.165, 1.54) is 0 Å². The maximum atomic E-state index is 13.3. The fraction of sp³-hybridized carbons (Fsp3) is 0.556. The first-order valence-electron chi connectivity index (χ1n) is 6.57. The van der Waals surface area contributed by atoms with Crippen LogP contribution in [0.1, 0.15) is 6.23 Å². The lowest BCUT2D eigenvalue weighted by Crippen LogP contribution is -2.38. The molecule has 148 valence electrons. The molecule has 1 aliphatic rings. The highest BCUT2D eigenvalue weighted by Crippen LogP contribution is 2.57. The number of aliphatic hydroxyl groups excluding tert-OH is 2. The number of phosphoric ester groups is 1. The Morgan fingerprint density at radius 2 is 1.85 bits per heavy atom. The topological polar surface area (TPSA) is 218 Å². The second-order valence-corrected chi connectivity index (χ2v) is 7.86. The minimum Gasteiger partial charge on any atom is -0.387 e. The number of ether oxygens (including phenoxy) is 1. The van der Waals surface area contributed by atoms with Crippen molar-refractivity contribution in [3.8, 4) is 0 Å². The SMILES string of the molecule is O=c1[nH]c(=O)n([C@H]2O[C@@H](COP(=O)(O)OP(=O)(O)O)C(O)C2O)cc1F. The van der Waals surface area contributed by atoms with Crippen molar-refractivity contribution < 1.29 is 52.0 Å². The van der Waals surface area contributed by atoms with E-state index in [1.54, 1.807) is 4.98 Å². The second-order valence-electron chi connectivity index (χ2n) is 5.03. The minimum atomic E-state index is -5.36. The van der Waals surface area contributed by atoms with Gasteiger partial charge in [-0.25, -0.2) is 13.9 Å². The normalized spacial score (nSPS) is 28.8. The number of rotatable bonds is 6. The zero-order chi connectivity index (χ0) is 19.9. The van der Waals surface area contributed by atoms with Crippen LogP contribution in [0.4, 0.5) is 4.39 Å². The van der Waals surface area contributed by atoms with Crippen LogP contribution in [0.15, 0.2) is 15.8 Å².